The van der Waals surface area contributed by atoms with E-state index in [1.54, 1.807) is 7.11 Å². The van der Waals surface area contributed by atoms with E-state index in [0.29, 0.717) is 12.0 Å². The van der Waals surface area contributed by atoms with Crippen molar-refractivity contribution in [2.24, 2.45) is 0 Å². The molecule has 1 aliphatic heterocycles. The van der Waals surface area contributed by atoms with E-state index >= 15 is 0 Å². The Balaban J connectivity index is 1.59. The monoisotopic (exact) mass is 311 g/mol. The Hall–Kier alpha value is -2.00. The molecule has 0 amide bonds. The first-order valence-corrected chi connectivity index (χ1v) is 8.28. The average molecular weight is 311 g/mol. The van der Waals surface area contributed by atoms with Gasteiger partial charge in [-0.25, -0.2) is 0 Å². The van der Waals surface area contributed by atoms with Gasteiger partial charge < -0.3 is 9.47 Å². The lowest BCUT2D eigenvalue weighted by atomic mass is 9.86. The maximum atomic E-state index is 6.00. The first kappa shape index (κ1) is 15.9. The van der Waals surface area contributed by atoms with Crippen LogP contribution in [-0.4, -0.2) is 38.3 Å². The van der Waals surface area contributed by atoms with Gasteiger partial charge >= 0.3 is 0 Å². The molecule has 1 saturated heterocycles. The molecule has 0 aliphatic carbocycles. The van der Waals surface area contributed by atoms with Gasteiger partial charge in [-0.2, -0.15) is 0 Å². The number of benzene rings is 2. The van der Waals surface area contributed by atoms with Gasteiger partial charge in [0.15, 0.2) is 0 Å². The van der Waals surface area contributed by atoms with Crippen LogP contribution in [0.2, 0.25) is 0 Å². The predicted octanol–water partition coefficient (Wildman–Crippen LogP) is 3.95. The molecule has 0 N–H and O–H groups in total. The molecule has 0 aromatic heterocycles. The summed E-state index contributed by atoms with van der Waals surface area (Å²) in [5.41, 5.74) is 1.45. The van der Waals surface area contributed by atoms with E-state index < -0.39 is 0 Å². The van der Waals surface area contributed by atoms with Crippen LogP contribution in [0.25, 0.3) is 0 Å². The highest BCUT2D eigenvalue weighted by atomic mass is 16.5. The zero-order valence-corrected chi connectivity index (χ0v) is 13.9. The van der Waals surface area contributed by atoms with Crippen LogP contribution >= 0.6 is 0 Å². The lowest BCUT2D eigenvalue weighted by molar-refractivity contribution is 0.114. The van der Waals surface area contributed by atoms with Gasteiger partial charge in [0.2, 0.25) is 0 Å². The number of hydrogen-bond donors (Lipinski definition) is 0. The normalized spacial score (nSPS) is 21.8. The van der Waals surface area contributed by atoms with E-state index in [2.05, 4.69) is 42.3 Å². The molecule has 1 heterocycles. The van der Waals surface area contributed by atoms with E-state index in [9.17, 15) is 0 Å². The van der Waals surface area contributed by atoms with Gasteiger partial charge in [-0.1, -0.05) is 30.3 Å². The number of likely N-dealkylation sites (N-methyl/N-ethyl adjacent to an activating group) is 1. The molecule has 1 fully saturated rings. The van der Waals surface area contributed by atoms with Crippen LogP contribution in [0.5, 0.6) is 11.5 Å². The Bertz CT molecular complexity index is 597. The standard InChI is InChI=1S/C20H25NO2/c1-21-13-12-17(16-6-4-3-5-7-16)14-18(21)15-23-20-10-8-19(22-2)9-11-20/h3-11,17-18H,12-15H2,1-2H3/t17-,18-/m1/s1. The quantitative estimate of drug-likeness (QED) is 0.834. The predicted molar refractivity (Wildman–Crippen MR) is 93.3 cm³/mol. The first-order chi connectivity index (χ1) is 11.3. The summed E-state index contributed by atoms with van der Waals surface area (Å²) in [4.78, 5) is 2.42. The highest BCUT2D eigenvalue weighted by Gasteiger charge is 2.27. The van der Waals surface area contributed by atoms with Crippen LogP contribution in [0, 0.1) is 0 Å². The Morgan fingerprint density at radius 3 is 2.39 bits per heavy atom. The SMILES string of the molecule is COc1ccc(OC[C@H]2C[C@H](c3ccccc3)CCN2C)cc1. The second-order valence-electron chi connectivity index (χ2n) is 6.25. The summed E-state index contributed by atoms with van der Waals surface area (Å²) in [6.45, 7) is 1.85. The lowest BCUT2D eigenvalue weighted by Crippen LogP contribution is -2.42. The van der Waals surface area contributed by atoms with Crippen LogP contribution in [0.1, 0.15) is 24.3 Å². The van der Waals surface area contributed by atoms with E-state index in [4.69, 9.17) is 9.47 Å². The molecule has 2 atom stereocenters. The number of hydrogen-bond acceptors (Lipinski definition) is 3. The highest BCUT2D eigenvalue weighted by Crippen LogP contribution is 2.31. The largest absolute Gasteiger partial charge is 0.497 e. The minimum Gasteiger partial charge on any atom is -0.497 e. The van der Waals surface area contributed by atoms with Crippen molar-refractivity contribution in [2.45, 2.75) is 24.8 Å². The van der Waals surface area contributed by atoms with Crippen molar-refractivity contribution < 1.29 is 9.47 Å². The van der Waals surface area contributed by atoms with Crippen molar-refractivity contribution in [2.75, 3.05) is 27.3 Å². The highest BCUT2D eigenvalue weighted by molar-refractivity contribution is 5.31. The molecule has 3 rings (SSSR count). The molecule has 0 radical (unpaired) electrons. The third-order valence-corrected chi connectivity index (χ3v) is 4.78. The molecular weight excluding hydrogens is 286 g/mol. The molecule has 2 aromatic carbocycles. The maximum Gasteiger partial charge on any atom is 0.119 e. The lowest BCUT2D eigenvalue weighted by Gasteiger charge is -2.37. The topological polar surface area (TPSA) is 21.7 Å². The zero-order chi connectivity index (χ0) is 16.1. The average Bonchev–Trinajstić information content (AvgIpc) is 2.62. The van der Waals surface area contributed by atoms with E-state index in [0.717, 1.165) is 31.1 Å². The summed E-state index contributed by atoms with van der Waals surface area (Å²) in [5, 5.41) is 0. The van der Waals surface area contributed by atoms with Crippen LogP contribution in [0.15, 0.2) is 54.6 Å². The van der Waals surface area contributed by atoms with Crippen LogP contribution < -0.4 is 9.47 Å². The first-order valence-electron chi connectivity index (χ1n) is 8.28. The molecule has 3 nitrogen and oxygen atoms in total. The van der Waals surface area contributed by atoms with Gasteiger partial charge in [0.1, 0.15) is 18.1 Å². The summed E-state index contributed by atoms with van der Waals surface area (Å²) < 4.78 is 11.2. The number of nitrogens with zero attached hydrogens (tertiary/aromatic N) is 1. The summed E-state index contributed by atoms with van der Waals surface area (Å²) >= 11 is 0. The Kier molecular flexibility index (Phi) is 5.19. The maximum absolute atomic E-state index is 6.00. The summed E-state index contributed by atoms with van der Waals surface area (Å²) in [5.74, 6) is 2.40. The second-order valence-corrected chi connectivity index (χ2v) is 6.25. The molecule has 1 aliphatic rings. The molecule has 0 saturated carbocycles. The van der Waals surface area contributed by atoms with Gasteiger partial charge in [0.25, 0.3) is 0 Å². The molecule has 0 bridgehead atoms. The molecule has 0 unspecified atom stereocenters. The van der Waals surface area contributed by atoms with E-state index in [1.807, 2.05) is 24.3 Å². The van der Waals surface area contributed by atoms with Gasteiger partial charge in [0.05, 0.1) is 7.11 Å². The number of likely N-dealkylation sites (tertiary alicyclic amines) is 1. The Morgan fingerprint density at radius 1 is 1.00 bits per heavy atom. The third-order valence-electron chi connectivity index (χ3n) is 4.78. The van der Waals surface area contributed by atoms with Gasteiger partial charge in [-0.15, -0.1) is 0 Å². The summed E-state index contributed by atoms with van der Waals surface area (Å²) in [6, 6.07) is 19.1. The summed E-state index contributed by atoms with van der Waals surface area (Å²) in [7, 11) is 3.87. The van der Waals surface area contributed by atoms with Gasteiger partial charge in [0, 0.05) is 6.04 Å². The Labute approximate surface area is 138 Å². The van der Waals surface area contributed by atoms with Crippen LogP contribution in [0.4, 0.5) is 0 Å². The van der Waals surface area contributed by atoms with Crippen molar-refractivity contribution in [1.29, 1.82) is 0 Å². The van der Waals surface area contributed by atoms with Crippen molar-refractivity contribution in [3.05, 3.63) is 60.2 Å². The van der Waals surface area contributed by atoms with Crippen molar-refractivity contribution >= 4 is 0 Å². The minimum absolute atomic E-state index is 0.455. The molecule has 3 heteroatoms. The fourth-order valence-electron chi connectivity index (χ4n) is 3.26. The number of rotatable bonds is 5. The number of piperidine rings is 1. The zero-order valence-electron chi connectivity index (χ0n) is 13.9. The third kappa shape index (κ3) is 4.05. The number of methoxy groups -OCH3 is 1. The van der Waals surface area contributed by atoms with Crippen molar-refractivity contribution in [1.82, 2.24) is 4.90 Å². The smallest absolute Gasteiger partial charge is 0.119 e. The molecule has 122 valence electrons. The molecule has 2 aromatic rings. The Morgan fingerprint density at radius 2 is 1.70 bits per heavy atom. The second kappa shape index (κ2) is 7.51. The molecule has 23 heavy (non-hydrogen) atoms. The van der Waals surface area contributed by atoms with Crippen molar-refractivity contribution in [3.63, 3.8) is 0 Å². The fraction of sp³-hybridized carbons (Fsp3) is 0.400. The number of ether oxygens (including phenoxy) is 2. The van der Waals surface area contributed by atoms with Crippen LogP contribution in [-0.2, 0) is 0 Å². The fourth-order valence-corrected chi connectivity index (χ4v) is 3.26. The molecular formula is C20H25NO2. The van der Waals surface area contributed by atoms with E-state index in [-0.39, 0.29) is 0 Å². The van der Waals surface area contributed by atoms with Gasteiger partial charge in [-0.3, -0.25) is 4.90 Å². The van der Waals surface area contributed by atoms with Crippen molar-refractivity contribution in [3.8, 4) is 11.5 Å². The minimum atomic E-state index is 0.455. The summed E-state index contributed by atoms with van der Waals surface area (Å²) in [6.07, 6.45) is 2.37. The van der Waals surface area contributed by atoms with Gasteiger partial charge in [-0.05, 0) is 62.2 Å². The molecule has 0 spiro atoms. The van der Waals surface area contributed by atoms with Crippen LogP contribution in [0.3, 0.4) is 0 Å². The van der Waals surface area contributed by atoms with E-state index in [1.165, 1.54) is 12.0 Å².